The molecule has 1 aliphatic carbocycles. The summed E-state index contributed by atoms with van der Waals surface area (Å²) in [6.07, 6.45) is 4.29. The van der Waals surface area contributed by atoms with Crippen molar-refractivity contribution in [1.82, 2.24) is 0 Å². The van der Waals surface area contributed by atoms with Crippen LogP contribution in [0, 0.1) is 17.7 Å². The molecule has 0 radical (unpaired) electrons. The molecule has 1 fully saturated rings. The number of rotatable bonds is 3. The van der Waals surface area contributed by atoms with E-state index in [0.29, 0.717) is 17.3 Å². The van der Waals surface area contributed by atoms with Crippen LogP contribution in [-0.4, -0.2) is 11.6 Å². The predicted molar refractivity (Wildman–Crippen MR) is 78.2 cm³/mol. The molecule has 0 aliphatic heterocycles. The van der Waals surface area contributed by atoms with Crippen LogP contribution in [0.2, 0.25) is 0 Å². The third-order valence-corrected chi connectivity index (χ3v) is 3.75. The summed E-state index contributed by atoms with van der Waals surface area (Å²) in [5, 5.41) is 0. The molecule has 0 aromatic heterocycles. The van der Waals surface area contributed by atoms with E-state index in [4.69, 9.17) is 0 Å². The van der Waals surface area contributed by atoms with Gasteiger partial charge in [0.05, 0.1) is 0 Å². The summed E-state index contributed by atoms with van der Waals surface area (Å²) in [6, 6.07) is 5.49. The number of Topliss-reactive ketones (excluding diaryl/α,β-unsaturated/α-hetero) is 2. The fourth-order valence-corrected chi connectivity index (χ4v) is 2.47. The Hall–Kier alpha value is -1.51. The van der Waals surface area contributed by atoms with Crippen molar-refractivity contribution in [3.8, 4) is 0 Å². The molecule has 1 aliphatic rings. The Balaban J connectivity index is 0.000000200. The minimum atomic E-state index is -0.315. The monoisotopic (exact) mass is 278 g/mol. The lowest BCUT2D eigenvalue weighted by Gasteiger charge is -2.04. The maximum absolute atomic E-state index is 12.2. The van der Waals surface area contributed by atoms with E-state index in [2.05, 4.69) is 6.92 Å². The van der Waals surface area contributed by atoms with E-state index in [9.17, 15) is 14.0 Å². The first kappa shape index (κ1) is 16.5. The van der Waals surface area contributed by atoms with E-state index in [1.54, 1.807) is 0 Å². The predicted octanol–water partition coefficient (Wildman–Crippen LogP) is 4.43. The average molecular weight is 278 g/mol. The van der Waals surface area contributed by atoms with Crippen LogP contribution in [0.1, 0.15) is 56.8 Å². The molecule has 2 rings (SSSR count). The number of ketones is 2. The van der Waals surface area contributed by atoms with Gasteiger partial charge in [-0.2, -0.15) is 0 Å². The molecule has 0 saturated heterocycles. The second-order valence-corrected chi connectivity index (χ2v) is 5.50. The summed E-state index contributed by atoms with van der Waals surface area (Å²) in [5.74, 6) is 1.33. The third kappa shape index (κ3) is 5.24. The molecule has 0 N–H and O–H groups in total. The van der Waals surface area contributed by atoms with Gasteiger partial charge in [-0.05, 0) is 56.4 Å². The molecule has 1 aromatic carbocycles. The normalized spacial score (nSPS) is 21.0. The van der Waals surface area contributed by atoms with Gasteiger partial charge in [-0.1, -0.05) is 13.8 Å². The Morgan fingerprint density at radius 1 is 1.20 bits per heavy atom. The van der Waals surface area contributed by atoms with E-state index < -0.39 is 0 Å². The minimum absolute atomic E-state index is 0.0417. The first-order valence-electron chi connectivity index (χ1n) is 7.23. The molecule has 20 heavy (non-hydrogen) atoms. The number of halogens is 1. The highest BCUT2D eigenvalue weighted by Crippen LogP contribution is 2.31. The van der Waals surface area contributed by atoms with Crippen LogP contribution in [0.3, 0.4) is 0 Å². The highest BCUT2D eigenvalue weighted by molar-refractivity contribution is 5.93. The highest BCUT2D eigenvalue weighted by Gasteiger charge is 2.25. The fraction of sp³-hybridized carbons (Fsp3) is 0.529. The maximum Gasteiger partial charge on any atom is 0.159 e. The molecule has 0 unspecified atom stereocenters. The largest absolute Gasteiger partial charge is 0.299 e. The van der Waals surface area contributed by atoms with Crippen molar-refractivity contribution >= 4 is 11.6 Å². The molecule has 1 aromatic rings. The zero-order chi connectivity index (χ0) is 15.1. The number of carbonyl (C=O) groups is 2. The average Bonchev–Trinajstić information content (AvgIpc) is 2.86. The Labute approximate surface area is 120 Å². The van der Waals surface area contributed by atoms with E-state index in [1.165, 1.54) is 37.6 Å². The van der Waals surface area contributed by atoms with Crippen molar-refractivity contribution in [2.75, 3.05) is 0 Å². The third-order valence-electron chi connectivity index (χ3n) is 3.75. The van der Waals surface area contributed by atoms with Gasteiger partial charge in [0.1, 0.15) is 11.6 Å². The second kappa shape index (κ2) is 7.93. The zero-order valence-corrected chi connectivity index (χ0v) is 12.5. The SMILES string of the molecule is CC(=O)c1ccc(F)cc1.CCC(=O)[C@H]1CC[C@@H](C)C1. The summed E-state index contributed by atoms with van der Waals surface area (Å²) >= 11 is 0. The molecule has 0 amide bonds. The van der Waals surface area contributed by atoms with Gasteiger partial charge in [0.2, 0.25) is 0 Å². The molecule has 2 atom stereocenters. The summed E-state index contributed by atoms with van der Waals surface area (Å²) in [7, 11) is 0. The van der Waals surface area contributed by atoms with Gasteiger partial charge in [0.15, 0.2) is 5.78 Å². The van der Waals surface area contributed by atoms with Gasteiger partial charge in [0.25, 0.3) is 0 Å². The highest BCUT2D eigenvalue weighted by atomic mass is 19.1. The van der Waals surface area contributed by atoms with Crippen molar-refractivity contribution in [2.45, 2.75) is 46.5 Å². The molecule has 110 valence electrons. The molecule has 0 bridgehead atoms. The van der Waals surface area contributed by atoms with Gasteiger partial charge in [-0.3, -0.25) is 9.59 Å². The number of hydrogen-bond donors (Lipinski definition) is 0. The zero-order valence-electron chi connectivity index (χ0n) is 12.5. The summed E-state index contributed by atoms with van der Waals surface area (Å²) in [5.41, 5.74) is 0.543. The lowest BCUT2D eigenvalue weighted by molar-refractivity contribution is -0.122. The van der Waals surface area contributed by atoms with Crippen LogP contribution in [-0.2, 0) is 4.79 Å². The molecule has 3 heteroatoms. The number of hydrogen-bond acceptors (Lipinski definition) is 2. The smallest absolute Gasteiger partial charge is 0.159 e. The van der Waals surface area contributed by atoms with Crippen LogP contribution in [0.25, 0.3) is 0 Å². The van der Waals surface area contributed by atoms with Gasteiger partial charge in [0, 0.05) is 17.9 Å². The van der Waals surface area contributed by atoms with Crippen LogP contribution in [0.4, 0.5) is 4.39 Å². The van der Waals surface area contributed by atoms with Crippen molar-refractivity contribution < 1.29 is 14.0 Å². The Morgan fingerprint density at radius 2 is 1.80 bits per heavy atom. The number of carbonyl (C=O) groups excluding carboxylic acids is 2. The topological polar surface area (TPSA) is 34.1 Å². The quantitative estimate of drug-likeness (QED) is 0.766. The number of benzene rings is 1. The van der Waals surface area contributed by atoms with Gasteiger partial charge < -0.3 is 0 Å². The Bertz CT molecular complexity index is 451. The van der Waals surface area contributed by atoms with Crippen molar-refractivity contribution in [1.29, 1.82) is 0 Å². The van der Waals surface area contributed by atoms with Gasteiger partial charge in [-0.15, -0.1) is 0 Å². The van der Waals surface area contributed by atoms with Crippen molar-refractivity contribution in [2.24, 2.45) is 11.8 Å². The molecular formula is C17H23FO2. The molecule has 2 nitrogen and oxygen atoms in total. The first-order chi connectivity index (χ1) is 9.43. The van der Waals surface area contributed by atoms with Crippen LogP contribution in [0.15, 0.2) is 24.3 Å². The summed E-state index contributed by atoms with van der Waals surface area (Å²) in [4.78, 5) is 21.8. The lowest BCUT2D eigenvalue weighted by Crippen LogP contribution is -2.08. The van der Waals surface area contributed by atoms with E-state index in [1.807, 2.05) is 6.92 Å². The minimum Gasteiger partial charge on any atom is -0.299 e. The van der Waals surface area contributed by atoms with Crippen molar-refractivity contribution in [3.05, 3.63) is 35.6 Å². The van der Waals surface area contributed by atoms with Crippen LogP contribution >= 0.6 is 0 Å². The first-order valence-corrected chi connectivity index (χ1v) is 7.23. The molecule has 1 saturated carbocycles. The standard InChI is InChI=1S/C9H16O.C8H7FO/c1-3-9(10)8-5-4-7(2)6-8;1-6(10)7-2-4-8(9)5-3-7/h7-8H,3-6H2,1-2H3;2-5H,1H3/t7-,8+;/m1./s1. The van der Waals surface area contributed by atoms with Crippen LogP contribution < -0.4 is 0 Å². The molecular weight excluding hydrogens is 255 g/mol. The molecule has 0 spiro atoms. The second-order valence-electron chi connectivity index (χ2n) is 5.50. The Kier molecular flexibility index (Phi) is 6.56. The van der Waals surface area contributed by atoms with Crippen molar-refractivity contribution in [3.63, 3.8) is 0 Å². The van der Waals surface area contributed by atoms with E-state index >= 15 is 0 Å². The fourth-order valence-electron chi connectivity index (χ4n) is 2.47. The summed E-state index contributed by atoms with van der Waals surface area (Å²) < 4.78 is 12.2. The summed E-state index contributed by atoms with van der Waals surface area (Å²) in [6.45, 7) is 5.65. The van der Waals surface area contributed by atoms with E-state index in [-0.39, 0.29) is 11.6 Å². The van der Waals surface area contributed by atoms with Gasteiger partial charge >= 0.3 is 0 Å². The Morgan fingerprint density at radius 3 is 2.20 bits per heavy atom. The van der Waals surface area contributed by atoms with Gasteiger partial charge in [-0.25, -0.2) is 4.39 Å². The molecule has 0 heterocycles. The van der Waals surface area contributed by atoms with Crippen LogP contribution in [0.5, 0.6) is 0 Å². The van der Waals surface area contributed by atoms with E-state index in [0.717, 1.165) is 25.2 Å². The maximum atomic E-state index is 12.2. The lowest BCUT2D eigenvalue weighted by atomic mass is 10.00.